The van der Waals surface area contributed by atoms with Crippen molar-refractivity contribution in [3.63, 3.8) is 0 Å². The summed E-state index contributed by atoms with van der Waals surface area (Å²) in [5.74, 6) is 1.56. The summed E-state index contributed by atoms with van der Waals surface area (Å²) in [5.41, 5.74) is 0. The topological polar surface area (TPSA) is 18.5 Å². The molecule has 0 heterocycles. The van der Waals surface area contributed by atoms with E-state index in [1.54, 1.807) is 14.2 Å². The van der Waals surface area contributed by atoms with E-state index in [1.165, 1.54) is 3.61 Å². The van der Waals surface area contributed by atoms with Crippen molar-refractivity contribution < 1.29 is 9.47 Å². The molecule has 1 aromatic rings. The Morgan fingerprint density at radius 2 is 1.73 bits per heavy atom. The van der Waals surface area contributed by atoms with Crippen molar-refractivity contribution in [3.8, 4) is 11.5 Å². The first-order valence-electron chi connectivity index (χ1n) is 3.17. The minimum atomic E-state index is 0.778. The number of benzene rings is 1. The van der Waals surface area contributed by atoms with E-state index in [4.69, 9.17) is 9.47 Å². The summed E-state index contributed by atoms with van der Waals surface area (Å²) in [4.78, 5) is 0. The van der Waals surface area contributed by atoms with Crippen LogP contribution in [-0.4, -0.2) is 36.5 Å². The van der Waals surface area contributed by atoms with Gasteiger partial charge in [-0.2, -0.15) is 0 Å². The first kappa shape index (κ1) is 8.70. The average Bonchev–Trinajstić information content (AvgIpc) is 2.04. The molecule has 0 atom stereocenters. The molecular formula is C8H9O2Te. The van der Waals surface area contributed by atoms with E-state index in [-0.39, 0.29) is 0 Å². The van der Waals surface area contributed by atoms with Crippen molar-refractivity contribution in [1.82, 2.24) is 0 Å². The number of hydrogen-bond donors (Lipinski definition) is 0. The summed E-state index contributed by atoms with van der Waals surface area (Å²) < 4.78 is 11.3. The van der Waals surface area contributed by atoms with Gasteiger partial charge in [-0.1, -0.05) is 0 Å². The molecule has 0 saturated carbocycles. The summed E-state index contributed by atoms with van der Waals surface area (Å²) in [7, 11) is 3.27. The monoisotopic (exact) mass is 267 g/mol. The van der Waals surface area contributed by atoms with Crippen molar-refractivity contribution in [2.75, 3.05) is 14.2 Å². The van der Waals surface area contributed by atoms with Crippen molar-refractivity contribution in [2.45, 2.75) is 0 Å². The Hall–Kier alpha value is -0.390. The van der Waals surface area contributed by atoms with Gasteiger partial charge in [0.15, 0.2) is 0 Å². The van der Waals surface area contributed by atoms with Crippen molar-refractivity contribution in [1.29, 1.82) is 0 Å². The third kappa shape index (κ3) is 2.02. The van der Waals surface area contributed by atoms with Gasteiger partial charge in [-0.05, 0) is 0 Å². The van der Waals surface area contributed by atoms with Gasteiger partial charge >= 0.3 is 79.3 Å². The predicted molar refractivity (Wildman–Crippen MR) is 44.9 cm³/mol. The van der Waals surface area contributed by atoms with Gasteiger partial charge in [0.2, 0.25) is 0 Å². The fourth-order valence-electron chi connectivity index (χ4n) is 0.817. The molecule has 0 aliphatic rings. The number of ether oxygens (including phenoxy) is 2. The molecule has 1 rings (SSSR count). The van der Waals surface area contributed by atoms with Crippen LogP contribution in [0.4, 0.5) is 0 Å². The first-order chi connectivity index (χ1) is 5.27. The van der Waals surface area contributed by atoms with Crippen LogP contribution in [0, 0.1) is 0 Å². The molecule has 0 saturated heterocycles. The molecular weight excluding hydrogens is 256 g/mol. The van der Waals surface area contributed by atoms with Crippen molar-refractivity contribution in [2.24, 2.45) is 0 Å². The summed E-state index contributed by atoms with van der Waals surface area (Å²) in [5, 5.41) is 0. The summed E-state index contributed by atoms with van der Waals surface area (Å²) in [6.07, 6.45) is 0. The van der Waals surface area contributed by atoms with E-state index in [0.717, 1.165) is 11.5 Å². The quantitative estimate of drug-likeness (QED) is 0.725. The molecule has 0 amide bonds. The van der Waals surface area contributed by atoms with Gasteiger partial charge in [-0.3, -0.25) is 0 Å². The van der Waals surface area contributed by atoms with Crippen LogP contribution in [0.2, 0.25) is 0 Å². The third-order valence-electron chi connectivity index (χ3n) is 1.36. The van der Waals surface area contributed by atoms with Gasteiger partial charge in [-0.25, -0.2) is 0 Å². The molecule has 1 aromatic carbocycles. The van der Waals surface area contributed by atoms with Crippen molar-refractivity contribution in [3.05, 3.63) is 18.2 Å². The van der Waals surface area contributed by atoms with E-state index in [1.807, 2.05) is 40.5 Å². The van der Waals surface area contributed by atoms with Gasteiger partial charge in [0.1, 0.15) is 0 Å². The Morgan fingerprint density at radius 1 is 1.09 bits per heavy atom. The Labute approximate surface area is 79.4 Å². The molecule has 2 nitrogen and oxygen atoms in total. The molecule has 0 unspecified atom stereocenters. The maximum absolute atomic E-state index is 5.09. The van der Waals surface area contributed by atoms with Crippen LogP contribution < -0.4 is 13.1 Å². The molecule has 1 radical (unpaired) electrons. The fraction of sp³-hybridized carbons (Fsp3) is 0.250. The molecule has 0 bridgehead atoms. The summed E-state index contributed by atoms with van der Waals surface area (Å²) >= 11 is 1.95. The van der Waals surface area contributed by atoms with E-state index in [0.29, 0.717) is 0 Å². The number of methoxy groups -OCH3 is 2. The Balaban J connectivity index is 3.06. The third-order valence-corrected chi connectivity index (χ3v) is 2.08. The normalized spacial score (nSPS) is 9.27. The molecule has 0 aromatic heterocycles. The van der Waals surface area contributed by atoms with Crippen molar-refractivity contribution >= 4 is 25.9 Å². The molecule has 59 valence electrons. The second-order valence-electron chi connectivity index (χ2n) is 2.02. The van der Waals surface area contributed by atoms with E-state index < -0.39 is 0 Å². The molecule has 0 spiro atoms. The maximum atomic E-state index is 5.09. The SMILES string of the molecule is COc1ccc([Te])cc1OC. The minimum absolute atomic E-state index is 0.778. The van der Waals surface area contributed by atoms with Gasteiger partial charge in [0.05, 0.1) is 0 Å². The fourth-order valence-corrected chi connectivity index (χ4v) is 1.32. The Morgan fingerprint density at radius 3 is 2.27 bits per heavy atom. The standard InChI is InChI=1S/C8H9O2Te/c1-9-7-4-3-6(11)5-8(7)10-2/h3-5H,1-2H3. The van der Waals surface area contributed by atoms with E-state index >= 15 is 0 Å². The van der Waals surface area contributed by atoms with Crippen LogP contribution in [0.3, 0.4) is 0 Å². The van der Waals surface area contributed by atoms with E-state index in [9.17, 15) is 0 Å². The second kappa shape index (κ2) is 3.85. The zero-order valence-corrected chi connectivity index (χ0v) is 8.79. The molecule has 11 heavy (non-hydrogen) atoms. The first-order valence-corrected chi connectivity index (χ1v) is 4.33. The van der Waals surface area contributed by atoms with Crippen LogP contribution >= 0.6 is 0 Å². The van der Waals surface area contributed by atoms with Crippen LogP contribution in [0.5, 0.6) is 11.5 Å². The van der Waals surface area contributed by atoms with Crippen LogP contribution in [-0.2, 0) is 0 Å². The second-order valence-corrected chi connectivity index (χ2v) is 3.36. The number of hydrogen-bond acceptors (Lipinski definition) is 2. The van der Waals surface area contributed by atoms with Gasteiger partial charge < -0.3 is 0 Å². The average molecular weight is 265 g/mol. The van der Waals surface area contributed by atoms with Gasteiger partial charge in [0, 0.05) is 0 Å². The molecule has 0 aliphatic carbocycles. The molecule has 0 fully saturated rings. The number of rotatable bonds is 2. The zero-order valence-electron chi connectivity index (χ0n) is 6.46. The molecule has 0 N–H and O–H groups in total. The molecule has 3 heteroatoms. The molecule has 0 aliphatic heterocycles. The van der Waals surface area contributed by atoms with Crippen LogP contribution in [0.1, 0.15) is 0 Å². The Kier molecular flexibility index (Phi) is 3.04. The van der Waals surface area contributed by atoms with Crippen LogP contribution in [0.25, 0.3) is 0 Å². The van der Waals surface area contributed by atoms with Gasteiger partial charge in [0.25, 0.3) is 0 Å². The summed E-state index contributed by atoms with van der Waals surface area (Å²) in [6.45, 7) is 0. The zero-order chi connectivity index (χ0) is 8.27. The summed E-state index contributed by atoms with van der Waals surface area (Å²) in [6, 6.07) is 5.84. The van der Waals surface area contributed by atoms with E-state index in [2.05, 4.69) is 0 Å². The van der Waals surface area contributed by atoms with Gasteiger partial charge in [-0.15, -0.1) is 0 Å². The van der Waals surface area contributed by atoms with Crippen LogP contribution in [0.15, 0.2) is 18.2 Å². The predicted octanol–water partition coefficient (Wildman–Crippen LogP) is 0.498. The Bertz CT molecular complexity index is 248.